The Bertz CT molecular complexity index is 897. The summed E-state index contributed by atoms with van der Waals surface area (Å²) in [6, 6.07) is 0. The number of nitriles is 12. The van der Waals surface area contributed by atoms with Gasteiger partial charge in [0.05, 0.1) is 0 Å². The number of hydrogen-bond acceptors (Lipinski definition) is 12. The van der Waals surface area contributed by atoms with Crippen molar-refractivity contribution < 1.29 is 227 Å². The second-order valence-electron chi connectivity index (χ2n) is 3.60. The molecule has 0 atom stereocenters. The molecule has 0 aliphatic heterocycles. The summed E-state index contributed by atoms with van der Waals surface area (Å²) in [4.78, 5) is 12.4. The topological polar surface area (TPSA) is 395 Å². The molecular formula is C12H12Fe2K4N15. The molecule has 0 bridgehead atoms. The minimum Gasteiger partial charge on any atom is -0.369 e. The molecule has 0 rings (SSSR count). The molecule has 0 saturated heterocycles. The van der Waals surface area contributed by atoms with Gasteiger partial charge in [0.25, 0.3) is 0 Å². The molecule has 0 aliphatic carbocycles. The van der Waals surface area contributed by atoms with Gasteiger partial charge in [-0.15, -0.1) is 0 Å². The molecule has 12 N–H and O–H groups in total. The van der Waals surface area contributed by atoms with Crippen LogP contribution < -0.4 is 224 Å². The van der Waals surface area contributed by atoms with Gasteiger partial charge in [-0.05, 0) is 0 Å². The fraction of sp³-hybridized carbons (Fsp3) is 0. The van der Waals surface area contributed by atoms with Crippen LogP contribution in [-0.4, -0.2) is 0 Å². The van der Waals surface area contributed by atoms with Crippen LogP contribution in [0.25, 0.3) is 0 Å². The first kappa shape index (κ1) is 59.4. The van der Waals surface area contributed by atoms with Crippen molar-refractivity contribution in [3.8, 4) is 59.6 Å². The first-order valence-corrected chi connectivity index (χ1v) is 11.4. The Balaban J connectivity index is -0.0000000411. The number of nitrogens with zero attached hydrogens (tertiary/aromatic N) is 12. The van der Waals surface area contributed by atoms with E-state index in [1.54, 1.807) is 0 Å². The van der Waals surface area contributed by atoms with Crippen LogP contribution in [0.5, 0.6) is 0 Å². The maximum atomic E-state index is 8.58. The zero-order valence-corrected chi connectivity index (χ0v) is 33.8. The normalized spacial score (nSPS) is 10.5. The van der Waals surface area contributed by atoms with Crippen LogP contribution in [0.2, 0.25) is 0 Å². The second-order valence-corrected chi connectivity index (χ2v) is 14.8. The molecule has 0 heterocycles. The summed E-state index contributed by atoms with van der Waals surface area (Å²) in [7, 11) is -12.3. The Morgan fingerprint density at radius 1 is 0.333 bits per heavy atom. The molecule has 0 spiro atoms. The van der Waals surface area contributed by atoms with Crippen LogP contribution in [0, 0.1) is 123 Å². The predicted octanol–water partition coefficient (Wildman–Crippen LogP) is -10.7. The number of quaternary nitrogens is 3. The summed E-state index contributed by atoms with van der Waals surface area (Å²) in [6.45, 7) is 0. The van der Waals surface area contributed by atoms with Crippen LogP contribution >= 0.6 is 0 Å². The van der Waals surface area contributed by atoms with Crippen molar-refractivity contribution in [2.75, 3.05) is 0 Å². The SMILES string of the molecule is N#[C][Fe-3]([C]#N)([C]#N)([C]#N)([C]#N)[C]#N.N#[C][Fe-4]([C]#N)([C]#N)([C]#N)([C]#N)[C]#N.[K+].[K+].[K+].[K+].[NH4+].[NH4+].[NH4+]. The molecule has 0 saturated carbocycles. The van der Waals surface area contributed by atoms with Gasteiger partial charge in [-0.25, -0.2) is 0 Å². The van der Waals surface area contributed by atoms with Crippen molar-refractivity contribution in [2.24, 2.45) is 0 Å². The van der Waals surface area contributed by atoms with Gasteiger partial charge in [-0.3, -0.25) is 0 Å². The van der Waals surface area contributed by atoms with Crippen molar-refractivity contribution >= 4 is 0 Å². The average Bonchev–Trinajstić information content (AvgIpc) is 2.77. The first-order chi connectivity index (χ1) is 11.9. The van der Waals surface area contributed by atoms with Crippen LogP contribution in [0.15, 0.2) is 0 Å². The van der Waals surface area contributed by atoms with Gasteiger partial charge in [0.2, 0.25) is 0 Å². The van der Waals surface area contributed by atoms with Crippen molar-refractivity contribution in [3.63, 3.8) is 0 Å². The van der Waals surface area contributed by atoms with Crippen LogP contribution in [0.4, 0.5) is 0 Å². The van der Waals surface area contributed by atoms with E-state index in [2.05, 4.69) is 0 Å². The van der Waals surface area contributed by atoms with Gasteiger partial charge in [-0.1, -0.05) is 0 Å². The van der Waals surface area contributed by atoms with Gasteiger partial charge >= 0.3 is 350 Å². The number of hydrogen-bond donors (Lipinski definition) is 3. The van der Waals surface area contributed by atoms with Gasteiger partial charge in [0.1, 0.15) is 0 Å². The third kappa shape index (κ3) is 8.71. The molecule has 0 aromatic heterocycles. The van der Waals surface area contributed by atoms with Crippen LogP contribution in [-0.2, 0) is 21.5 Å². The maximum Gasteiger partial charge on any atom is 1.00 e. The molecule has 0 radical (unpaired) electrons. The van der Waals surface area contributed by atoms with E-state index in [1.165, 1.54) is 0 Å². The molecule has 21 heteroatoms. The summed E-state index contributed by atoms with van der Waals surface area (Å²) in [5, 5.41) is 103. The molecular weight excluding hydrogens is 622 g/mol. The molecule has 0 amide bonds. The van der Waals surface area contributed by atoms with E-state index in [1.807, 2.05) is 0 Å². The second kappa shape index (κ2) is 18.6. The molecule has 0 aliphatic rings. The van der Waals surface area contributed by atoms with E-state index in [0.29, 0.717) is 0 Å². The standard InChI is InChI=1S/12CN.2Fe.4K.3H3N/c12*1-2;;;;;;;;;/h;;;;;;;;;;;;;;;;;;3*1H3/q;;;;;;;;;;;;-4;-3;4*+1;;;/p+3. The predicted molar refractivity (Wildman–Crippen MR) is 85.3 cm³/mol. The fourth-order valence-corrected chi connectivity index (χ4v) is 2.19. The summed E-state index contributed by atoms with van der Waals surface area (Å²) >= 11 is 0. The summed E-state index contributed by atoms with van der Waals surface area (Å²) < 4.78 is 0. The molecule has 0 fully saturated rings. The molecule has 15 nitrogen and oxygen atoms in total. The first-order valence-electron chi connectivity index (χ1n) is 4.80. The molecule has 155 valence electrons. The Morgan fingerprint density at radius 3 is 0.455 bits per heavy atom. The quantitative estimate of drug-likeness (QED) is 0.209. The van der Waals surface area contributed by atoms with Crippen LogP contribution in [0.3, 0.4) is 0 Å². The zero-order chi connectivity index (χ0) is 21.3. The molecule has 0 unspecified atom stereocenters. The summed E-state index contributed by atoms with van der Waals surface area (Å²) in [5.41, 5.74) is 0. The fourth-order valence-electron chi connectivity index (χ4n) is 0.530. The van der Waals surface area contributed by atoms with E-state index in [-0.39, 0.29) is 224 Å². The van der Waals surface area contributed by atoms with E-state index in [9.17, 15) is 0 Å². The largest absolute Gasteiger partial charge is 1.00 e. The number of rotatable bonds is 0. The van der Waals surface area contributed by atoms with E-state index >= 15 is 0 Å². The monoisotopic (exact) mass is 634 g/mol. The Morgan fingerprint density at radius 2 is 0.455 bits per heavy atom. The zero-order valence-electron chi connectivity index (χ0n) is 19.1. The van der Waals surface area contributed by atoms with Gasteiger partial charge in [-0.2, -0.15) is 0 Å². The third-order valence-electron chi connectivity index (χ3n) is 2.37. The van der Waals surface area contributed by atoms with Gasteiger partial charge < -0.3 is 18.5 Å². The van der Waals surface area contributed by atoms with Crippen LogP contribution in [0.1, 0.15) is 0 Å². The average molecular weight is 634 g/mol. The Kier molecular flexibility index (Phi) is 33.4. The van der Waals surface area contributed by atoms with Crippen molar-refractivity contribution in [1.29, 1.82) is 63.1 Å². The van der Waals surface area contributed by atoms with E-state index in [4.69, 9.17) is 63.1 Å². The van der Waals surface area contributed by atoms with Crippen molar-refractivity contribution in [3.05, 3.63) is 0 Å². The van der Waals surface area contributed by atoms with Crippen molar-refractivity contribution in [1.82, 2.24) is 18.5 Å². The van der Waals surface area contributed by atoms with E-state index < -0.39 is 21.5 Å². The molecule has 33 heavy (non-hydrogen) atoms. The molecule has 0 aromatic carbocycles. The Hall–Kier alpha value is 1.34. The smallest absolute Gasteiger partial charge is 0.369 e. The minimum atomic E-state index is -6.17. The maximum absolute atomic E-state index is 8.58. The summed E-state index contributed by atoms with van der Waals surface area (Å²) in [6.07, 6.45) is 0. The Labute approximate surface area is 358 Å². The third-order valence-corrected chi connectivity index (χ3v) is 9.78. The van der Waals surface area contributed by atoms with Crippen molar-refractivity contribution in [2.45, 2.75) is 0 Å². The molecule has 0 aromatic rings. The minimum absolute atomic E-state index is 0. The van der Waals surface area contributed by atoms with E-state index in [0.717, 1.165) is 59.6 Å². The van der Waals surface area contributed by atoms with Gasteiger partial charge in [0.15, 0.2) is 0 Å². The van der Waals surface area contributed by atoms with Gasteiger partial charge in [0, 0.05) is 0 Å². The summed E-state index contributed by atoms with van der Waals surface area (Å²) in [5.74, 6) is 0.